The summed E-state index contributed by atoms with van der Waals surface area (Å²) >= 11 is 0. The van der Waals surface area contributed by atoms with Gasteiger partial charge in [-0.1, -0.05) is 88.4 Å². The molecule has 6 heteroatoms. The molecule has 0 unspecified atom stereocenters. The van der Waals surface area contributed by atoms with Crippen LogP contribution >= 0.6 is 0 Å². The number of hydrogen-bond donors (Lipinski definition) is 2. The zero-order valence-electron chi connectivity index (χ0n) is 21.9. The van der Waals surface area contributed by atoms with Crippen LogP contribution in [0.5, 0.6) is 0 Å². The second-order valence-corrected chi connectivity index (χ2v) is 9.08. The number of hydrogen-bond acceptors (Lipinski definition) is 1. The first kappa shape index (κ1) is 26.4. The molecule has 0 saturated heterocycles. The first-order valence-corrected chi connectivity index (χ1v) is 13.1. The number of rotatable bonds is 10. The van der Waals surface area contributed by atoms with Gasteiger partial charge in [-0.05, 0) is 65.1 Å². The largest absolute Gasteiger partial charge is 0.574 e. The molecule has 2 N–H and O–H groups in total. The van der Waals surface area contributed by atoms with Crippen molar-refractivity contribution in [2.24, 2.45) is 0 Å². The fourth-order valence-corrected chi connectivity index (χ4v) is 5.33. The number of benzene rings is 2. The number of carbonyl (C=O) groups is 1. The second kappa shape index (κ2) is 11.6. The molecule has 0 aliphatic heterocycles. The molecule has 37 heavy (non-hydrogen) atoms. The summed E-state index contributed by atoms with van der Waals surface area (Å²) in [4.78, 5) is 20.2. The van der Waals surface area contributed by atoms with Crippen molar-refractivity contribution in [1.82, 2.24) is 9.97 Å². The van der Waals surface area contributed by atoms with Gasteiger partial charge in [-0.3, -0.25) is 13.4 Å². The van der Waals surface area contributed by atoms with Gasteiger partial charge < -0.3 is 9.97 Å². The van der Waals surface area contributed by atoms with Gasteiger partial charge in [-0.2, -0.15) is 0 Å². The van der Waals surface area contributed by atoms with E-state index in [1.807, 2.05) is 88.4 Å². The van der Waals surface area contributed by atoms with E-state index in [2.05, 4.69) is 9.97 Å². The third kappa shape index (κ3) is 5.11. The Labute approximate surface area is 218 Å². The molecule has 0 bridgehead atoms. The van der Waals surface area contributed by atoms with Gasteiger partial charge in [0.05, 0.1) is 5.69 Å². The lowest BCUT2D eigenvalue weighted by Gasteiger charge is -2.07. The molecule has 0 spiro atoms. The zero-order valence-corrected chi connectivity index (χ0v) is 21.9. The standard InChI is InChI=1S/C31H33BF2N2O/c1-5-22-24(7-3)30(35-28(22)20-15-11-9-12-16-20)26(32(33)34)19-27(37)31-25(8-4)23(6-2)29(36-31)21-17-13-10-14-18-21/h9-19,35-36H,5-8H2,1-4H3/b26-19+. The Morgan fingerprint density at radius 1 is 0.676 bits per heavy atom. The minimum atomic E-state index is -2.81. The average molecular weight is 498 g/mol. The number of aromatic amines is 2. The van der Waals surface area contributed by atoms with Crippen molar-refractivity contribution in [2.75, 3.05) is 0 Å². The van der Waals surface area contributed by atoms with Crippen molar-refractivity contribution < 1.29 is 13.4 Å². The van der Waals surface area contributed by atoms with Crippen molar-refractivity contribution >= 4 is 18.5 Å². The normalized spacial score (nSPS) is 11.7. The quantitative estimate of drug-likeness (QED) is 0.129. The topological polar surface area (TPSA) is 48.6 Å². The van der Waals surface area contributed by atoms with Crippen LogP contribution < -0.4 is 0 Å². The Morgan fingerprint density at radius 3 is 1.49 bits per heavy atom. The van der Waals surface area contributed by atoms with Gasteiger partial charge in [0.2, 0.25) is 5.78 Å². The van der Waals surface area contributed by atoms with Crippen LogP contribution in [0.25, 0.3) is 28.0 Å². The molecule has 4 rings (SSSR count). The Morgan fingerprint density at radius 2 is 1.08 bits per heavy atom. The summed E-state index contributed by atoms with van der Waals surface area (Å²) in [6.45, 7) is 8.03. The summed E-state index contributed by atoms with van der Waals surface area (Å²) < 4.78 is 29.1. The maximum Gasteiger partial charge on any atom is 0.574 e. The Bertz CT molecular complexity index is 1400. The van der Waals surface area contributed by atoms with Gasteiger partial charge >= 0.3 is 7.27 Å². The zero-order chi connectivity index (χ0) is 26.5. The van der Waals surface area contributed by atoms with Crippen LogP contribution in [0.2, 0.25) is 0 Å². The monoisotopic (exact) mass is 498 g/mol. The molecule has 190 valence electrons. The molecule has 2 heterocycles. The molecule has 2 aromatic heterocycles. The lowest BCUT2D eigenvalue weighted by Crippen LogP contribution is -2.09. The highest BCUT2D eigenvalue weighted by atomic mass is 19.2. The van der Waals surface area contributed by atoms with E-state index in [9.17, 15) is 13.4 Å². The van der Waals surface area contributed by atoms with Crippen LogP contribution in [-0.2, 0) is 25.7 Å². The third-order valence-electron chi connectivity index (χ3n) is 7.03. The number of allylic oxidation sites excluding steroid dienone is 1. The van der Waals surface area contributed by atoms with E-state index >= 15 is 0 Å². The van der Waals surface area contributed by atoms with E-state index in [-0.39, 0.29) is 5.47 Å². The van der Waals surface area contributed by atoms with Crippen LogP contribution in [0.15, 0.2) is 66.7 Å². The van der Waals surface area contributed by atoms with E-state index in [1.54, 1.807) is 0 Å². The lowest BCUT2D eigenvalue weighted by atomic mass is 9.79. The third-order valence-corrected chi connectivity index (χ3v) is 7.03. The van der Waals surface area contributed by atoms with Crippen LogP contribution in [0.4, 0.5) is 8.63 Å². The maximum absolute atomic E-state index is 14.6. The Hall–Kier alpha value is -3.67. The molecular weight excluding hydrogens is 465 g/mol. The molecule has 0 aliphatic rings. The molecule has 0 radical (unpaired) electrons. The highest BCUT2D eigenvalue weighted by Gasteiger charge is 2.30. The predicted molar refractivity (Wildman–Crippen MR) is 150 cm³/mol. The number of halogens is 2. The van der Waals surface area contributed by atoms with Crippen molar-refractivity contribution in [2.45, 2.75) is 53.4 Å². The smallest absolute Gasteiger partial charge is 0.355 e. The minimum Gasteiger partial charge on any atom is -0.355 e. The first-order chi connectivity index (χ1) is 17.9. The summed E-state index contributed by atoms with van der Waals surface area (Å²) in [5.41, 5.74) is 7.89. The number of aromatic nitrogens is 2. The molecular formula is C31H33BF2N2O. The van der Waals surface area contributed by atoms with Crippen LogP contribution in [-0.4, -0.2) is 23.0 Å². The molecule has 0 fully saturated rings. The van der Waals surface area contributed by atoms with Crippen molar-refractivity contribution in [3.8, 4) is 22.5 Å². The minimum absolute atomic E-state index is 0.269. The van der Waals surface area contributed by atoms with Crippen LogP contribution in [0.1, 0.15) is 66.1 Å². The molecule has 3 nitrogen and oxygen atoms in total. The first-order valence-electron chi connectivity index (χ1n) is 13.1. The van der Waals surface area contributed by atoms with E-state index < -0.39 is 13.1 Å². The second-order valence-electron chi connectivity index (χ2n) is 9.08. The average Bonchev–Trinajstić information content (AvgIpc) is 3.50. The van der Waals surface area contributed by atoms with E-state index in [0.29, 0.717) is 30.7 Å². The van der Waals surface area contributed by atoms with Gasteiger partial charge in [0, 0.05) is 22.6 Å². The van der Waals surface area contributed by atoms with Gasteiger partial charge in [0.15, 0.2) is 0 Å². The van der Waals surface area contributed by atoms with Crippen molar-refractivity contribution in [3.05, 3.63) is 100 Å². The van der Waals surface area contributed by atoms with Gasteiger partial charge in [0.1, 0.15) is 0 Å². The maximum atomic E-state index is 14.6. The summed E-state index contributed by atoms with van der Waals surface area (Å²) in [5, 5.41) is 0. The highest BCUT2D eigenvalue weighted by Crippen LogP contribution is 2.35. The molecule has 0 amide bonds. The molecule has 2 aromatic carbocycles. The number of H-pyrrole nitrogens is 2. The summed E-state index contributed by atoms with van der Waals surface area (Å²) in [5.74, 6) is -0.431. The van der Waals surface area contributed by atoms with Gasteiger partial charge in [-0.15, -0.1) is 0 Å². The van der Waals surface area contributed by atoms with E-state index in [1.165, 1.54) is 0 Å². The fraction of sp³-hybridized carbons (Fsp3) is 0.258. The molecule has 4 aromatic rings. The van der Waals surface area contributed by atoms with E-state index in [4.69, 9.17) is 0 Å². The predicted octanol–water partition coefficient (Wildman–Crippen LogP) is 8.16. The number of carbonyl (C=O) groups excluding carboxylic acids is 1. The van der Waals surface area contributed by atoms with Crippen molar-refractivity contribution in [1.29, 1.82) is 0 Å². The molecule has 0 atom stereocenters. The number of ketones is 1. The summed E-state index contributed by atoms with van der Waals surface area (Å²) in [6, 6.07) is 19.5. The summed E-state index contributed by atoms with van der Waals surface area (Å²) in [6.07, 6.45) is 3.78. The highest BCUT2D eigenvalue weighted by molar-refractivity contribution is 6.67. The van der Waals surface area contributed by atoms with Crippen molar-refractivity contribution in [3.63, 3.8) is 0 Å². The van der Waals surface area contributed by atoms with E-state index in [0.717, 1.165) is 57.3 Å². The Kier molecular flexibility index (Phi) is 8.27. The molecule has 0 saturated carbocycles. The lowest BCUT2D eigenvalue weighted by molar-refractivity contribution is 0.104. The van der Waals surface area contributed by atoms with Crippen LogP contribution in [0.3, 0.4) is 0 Å². The summed E-state index contributed by atoms with van der Waals surface area (Å²) in [7, 11) is -2.81. The fourth-order valence-electron chi connectivity index (χ4n) is 5.33. The SMILES string of the molecule is CCc1c(C(=O)/C=C(/B(F)F)c2[nH]c(-c3ccccc3)c(CC)c2CC)[nH]c(-c2ccccc2)c1CC. The Balaban J connectivity index is 1.86. The van der Waals surface area contributed by atoms with Crippen LogP contribution in [0, 0.1) is 0 Å². The van der Waals surface area contributed by atoms with Gasteiger partial charge in [0.25, 0.3) is 0 Å². The van der Waals surface area contributed by atoms with Gasteiger partial charge in [-0.25, -0.2) is 0 Å². The number of nitrogens with one attached hydrogen (secondary N) is 2. The molecule has 0 aliphatic carbocycles.